The summed E-state index contributed by atoms with van der Waals surface area (Å²) in [5.41, 5.74) is 0.188. The zero-order chi connectivity index (χ0) is 20.7. The second-order valence-corrected chi connectivity index (χ2v) is 7.60. The van der Waals surface area contributed by atoms with Crippen LogP contribution in [0, 0.1) is 0 Å². The Morgan fingerprint density at radius 1 is 1.18 bits per heavy atom. The molecule has 2 rings (SSSR count). The summed E-state index contributed by atoms with van der Waals surface area (Å²) in [6.07, 6.45) is 1.35. The summed E-state index contributed by atoms with van der Waals surface area (Å²) >= 11 is 0. The van der Waals surface area contributed by atoms with E-state index < -0.39 is 21.8 Å². The predicted octanol–water partition coefficient (Wildman–Crippen LogP) is 1.69. The number of nitrogens with one attached hydrogen (secondary N) is 2. The fourth-order valence-corrected chi connectivity index (χ4v) is 3.99. The van der Waals surface area contributed by atoms with Crippen LogP contribution < -0.4 is 15.4 Å². The largest absolute Gasteiger partial charge is 0.495 e. The van der Waals surface area contributed by atoms with Crippen molar-refractivity contribution in [1.29, 1.82) is 0 Å². The topological polar surface area (TPSA) is 118 Å². The highest BCUT2D eigenvalue weighted by atomic mass is 32.2. The van der Waals surface area contributed by atoms with Gasteiger partial charge in [0.25, 0.3) is 5.91 Å². The van der Waals surface area contributed by atoms with E-state index in [4.69, 9.17) is 9.15 Å². The Kier molecular flexibility index (Phi) is 7.18. The van der Waals surface area contributed by atoms with Crippen molar-refractivity contribution in [3.8, 4) is 5.75 Å². The number of carbonyl (C=O) groups is 2. The van der Waals surface area contributed by atoms with Crippen LogP contribution in [0.3, 0.4) is 0 Å². The summed E-state index contributed by atoms with van der Waals surface area (Å²) in [6, 6.07) is 7.24. The van der Waals surface area contributed by atoms with Gasteiger partial charge in [-0.3, -0.25) is 9.59 Å². The molecule has 0 radical (unpaired) electrons. The second kappa shape index (κ2) is 9.38. The van der Waals surface area contributed by atoms with Gasteiger partial charge in [0, 0.05) is 13.1 Å². The number of methoxy groups -OCH3 is 1. The molecule has 0 aliphatic carbocycles. The van der Waals surface area contributed by atoms with Crippen molar-refractivity contribution in [2.75, 3.05) is 32.1 Å². The first-order valence-corrected chi connectivity index (χ1v) is 10.1. The Labute approximate surface area is 163 Å². The lowest BCUT2D eigenvalue weighted by atomic mass is 10.3. The molecule has 2 N–H and O–H groups in total. The highest BCUT2D eigenvalue weighted by molar-refractivity contribution is 7.89. The molecule has 2 amide bonds. The van der Waals surface area contributed by atoms with Gasteiger partial charge in [-0.2, -0.15) is 4.31 Å². The smallest absolute Gasteiger partial charge is 0.287 e. The van der Waals surface area contributed by atoms with Gasteiger partial charge >= 0.3 is 0 Å². The van der Waals surface area contributed by atoms with E-state index >= 15 is 0 Å². The van der Waals surface area contributed by atoms with Gasteiger partial charge in [0.2, 0.25) is 15.9 Å². The van der Waals surface area contributed by atoms with Gasteiger partial charge in [-0.1, -0.05) is 13.8 Å². The van der Waals surface area contributed by atoms with Crippen molar-refractivity contribution in [3.63, 3.8) is 0 Å². The van der Waals surface area contributed by atoms with Crippen LogP contribution in [0.5, 0.6) is 5.75 Å². The van der Waals surface area contributed by atoms with Crippen molar-refractivity contribution in [2.45, 2.75) is 18.7 Å². The lowest BCUT2D eigenvalue weighted by Gasteiger charge is -2.19. The third-order valence-electron chi connectivity index (χ3n) is 3.94. The molecule has 152 valence electrons. The quantitative estimate of drug-likeness (QED) is 0.651. The van der Waals surface area contributed by atoms with E-state index in [0.717, 1.165) is 0 Å². The Bertz CT molecular complexity index is 921. The van der Waals surface area contributed by atoms with E-state index in [1.54, 1.807) is 19.9 Å². The number of anilines is 1. The molecule has 0 aliphatic rings. The second-order valence-electron chi connectivity index (χ2n) is 5.66. The van der Waals surface area contributed by atoms with Crippen molar-refractivity contribution >= 4 is 27.5 Å². The van der Waals surface area contributed by atoms with Crippen LogP contribution in [0.2, 0.25) is 0 Å². The number of nitrogens with zero attached hydrogens (tertiary/aromatic N) is 1. The monoisotopic (exact) mass is 409 g/mol. The van der Waals surface area contributed by atoms with Gasteiger partial charge in [0.1, 0.15) is 5.75 Å². The van der Waals surface area contributed by atoms with E-state index in [-0.39, 0.29) is 22.9 Å². The fourth-order valence-electron chi connectivity index (χ4n) is 2.51. The average Bonchev–Trinajstić information content (AvgIpc) is 3.21. The Hall–Kier alpha value is -2.85. The van der Waals surface area contributed by atoms with Gasteiger partial charge in [-0.05, 0) is 30.3 Å². The molecule has 2 aromatic rings. The van der Waals surface area contributed by atoms with Crippen LogP contribution in [0.25, 0.3) is 0 Å². The molecule has 0 saturated heterocycles. The van der Waals surface area contributed by atoms with Crippen LogP contribution in [0.4, 0.5) is 5.69 Å². The van der Waals surface area contributed by atoms with Gasteiger partial charge in [-0.15, -0.1) is 0 Å². The third kappa shape index (κ3) is 4.90. The first kappa shape index (κ1) is 21.5. The third-order valence-corrected chi connectivity index (χ3v) is 5.99. The van der Waals surface area contributed by atoms with E-state index in [1.807, 2.05) is 0 Å². The first-order chi connectivity index (χ1) is 13.3. The molecule has 1 aromatic carbocycles. The lowest BCUT2D eigenvalue weighted by Crippen LogP contribution is -2.33. The van der Waals surface area contributed by atoms with Gasteiger partial charge in [0.05, 0.1) is 30.5 Å². The van der Waals surface area contributed by atoms with Crippen LogP contribution in [0.1, 0.15) is 24.4 Å². The number of carbonyl (C=O) groups excluding carboxylic acids is 2. The maximum atomic E-state index is 12.7. The number of rotatable bonds is 9. The standard InChI is InChI=1S/C18H23N3O6S/c1-4-21(5-2)28(24,25)13-8-9-15(26-3)14(11-13)20-17(22)12-19-18(23)16-7-6-10-27-16/h6-11H,4-5,12H2,1-3H3,(H,19,23)(H,20,22). The normalized spacial score (nSPS) is 11.3. The van der Waals surface area contributed by atoms with Gasteiger partial charge < -0.3 is 19.8 Å². The Balaban J connectivity index is 2.15. The lowest BCUT2D eigenvalue weighted by molar-refractivity contribution is -0.115. The minimum atomic E-state index is -3.70. The summed E-state index contributed by atoms with van der Waals surface area (Å²) in [4.78, 5) is 24.0. The number of sulfonamides is 1. The molecule has 0 aliphatic heterocycles. The molecule has 28 heavy (non-hydrogen) atoms. The molecule has 0 fully saturated rings. The van der Waals surface area contributed by atoms with Crippen molar-refractivity contribution in [1.82, 2.24) is 9.62 Å². The first-order valence-electron chi connectivity index (χ1n) is 8.63. The van der Waals surface area contributed by atoms with Crippen LogP contribution in [-0.2, 0) is 14.8 Å². The fraction of sp³-hybridized carbons (Fsp3) is 0.333. The van der Waals surface area contributed by atoms with Crippen LogP contribution >= 0.6 is 0 Å². The summed E-state index contributed by atoms with van der Waals surface area (Å²) < 4.78 is 36.8. The molecule has 0 spiro atoms. The molecule has 0 bridgehead atoms. The molecular weight excluding hydrogens is 386 g/mol. The summed E-state index contributed by atoms with van der Waals surface area (Å²) in [5.74, 6) is -0.706. The number of hydrogen-bond donors (Lipinski definition) is 2. The van der Waals surface area contributed by atoms with E-state index in [2.05, 4.69) is 10.6 Å². The highest BCUT2D eigenvalue weighted by Gasteiger charge is 2.23. The SMILES string of the molecule is CCN(CC)S(=O)(=O)c1ccc(OC)c(NC(=O)CNC(=O)c2ccco2)c1. The minimum absolute atomic E-state index is 0.0342. The summed E-state index contributed by atoms with van der Waals surface area (Å²) in [5, 5.41) is 4.97. The molecule has 0 atom stereocenters. The van der Waals surface area contributed by atoms with E-state index in [9.17, 15) is 18.0 Å². The van der Waals surface area contributed by atoms with Gasteiger partial charge in [0.15, 0.2) is 5.76 Å². The number of amides is 2. The summed E-state index contributed by atoms with van der Waals surface area (Å²) in [7, 11) is -2.29. The number of benzene rings is 1. The van der Waals surface area contributed by atoms with Crippen LogP contribution in [0.15, 0.2) is 45.9 Å². The minimum Gasteiger partial charge on any atom is -0.495 e. The number of furan rings is 1. The van der Waals surface area contributed by atoms with E-state index in [0.29, 0.717) is 18.8 Å². The molecule has 1 aromatic heterocycles. The molecular formula is C18H23N3O6S. The average molecular weight is 409 g/mol. The maximum absolute atomic E-state index is 12.7. The highest BCUT2D eigenvalue weighted by Crippen LogP contribution is 2.28. The van der Waals surface area contributed by atoms with Gasteiger partial charge in [-0.25, -0.2) is 8.42 Å². The zero-order valence-electron chi connectivity index (χ0n) is 15.9. The Morgan fingerprint density at radius 3 is 2.46 bits per heavy atom. The maximum Gasteiger partial charge on any atom is 0.287 e. The summed E-state index contributed by atoms with van der Waals surface area (Å²) in [6.45, 7) is 3.82. The Morgan fingerprint density at radius 2 is 1.89 bits per heavy atom. The molecule has 9 nitrogen and oxygen atoms in total. The molecule has 1 heterocycles. The van der Waals surface area contributed by atoms with Crippen molar-refractivity contribution in [2.24, 2.45) is 0 Å². The van der Waals surface area contributed by atoms with Crippen molar-refractivity contribution < 1.29 is 27.2 Å². The number of ether oxygens (including phenoxy) is 1. The molecule has 10 heteroatoms. The molecule has 0 saturated carbocycles. The number of hydrogen-bond acceptors (Lipinski definition) is 6. The van der Waals surface area contributed by atoms with E-state index in [1.165, 1.54) is 41.9 Å². The predicted molar refractivity (Wildman–Crippen MR) is 103 cm³/mol. The van der Waals surface area contributed by atoms with Crippen LogP contribution in [-0.4, -0.2) is 51.3 Å². The van der Waals surface area contributed by atoms with Crippen molar-refractivity contribution in [3.05, 3.63) is 42.4 Å². The zero-order valence-corrected chi connectivity index (χ0v) is 16.7. The molecule has 0 unspecified atom stereocenters.